The minimum absolute atomic E-state index is 0.0705. The van der Waals surface area contributed by atoms with Gasteiger partial charge in [-0.2, -0.15) is 0 Å². The van der Waals surface area contributed by atoms with Gasteiger partial charge in [-0.3, -0.25) is 4.79 Å². The monoisotopic (exact) mass is 462 g/mol. The summed E-state index contributed by atoms with van der Waals surface area (Å²) in [5, 5.41) is 0.281. The van der Waals surface area contributed by atoms with Crippen molar-refractivity contribution < 1.29 is 32.9 Å². The van der Waals surface area contributed by atoms with Crippen molar-refractivity contribution in [1.29, 1.82) is 0 Å². The highest BCUT2D eigenvalue weighted by Gasteiger charge is 2.21. The number of fused-ring (bicyclic) bond motifs is 1. The lowest BCUT2D eigenvalue weighted by Gasteiger charge is -2.13. The van der Waals surface area contributed by atoms with Crippen LogP contribution in [-0.2, 0) is 0 Å². The first-order valence-corrected chi connectivity index (χ1v) is 10.3. The summed E-state index contributed by atoms with van der Waals surface area (Å²) >= 11 is 0. The molecule has 0 atom stereocenters. The van der Waals surface area contributed by atoms with Crippen molar-refractivity contribution in [2.75, 3.05) is 21.3 Å². The Labute approximate surface area is 195 Å². The van der Waals surface area contributed by atoms with Gasteiger partial charge in [-0.15, -0.1) is 0 Å². The maximum Gasteiger partial charge on any atom is 0.351 e. The summed E-state index contributed by atoms with van der Waals surface area (Å²) in [5.41, 5.74) is 0.0502. The van der Waals surface area contributed by atoms with Crippen LogP contribution in [0.1, 0.15) is 16.1 Å². The van der Waals surface area contributed by atoms with E-state index in [1.54, 1.807) is 56.5 Å². The van der Waals surface area contributed by atoms with Crippen molar-refractivity contribution in [3.8, 4) is 34.5 Å². The molecule has 0 aliphatic rings. The molecule has 3 aromatic carbocycles. The van der Waals surface area contributed by atoms with Gasteiger partial charge >= 0.3 is 5.97 Å². The summed E-state index contributed by atoms with van der Waals surface area (Å²) in [4.78, 5) is 25.9. The van der Waals surface area contributed by atoms with E-state index in [1.165, 1.54) is 32.4 Å². The second-order valence-electron chi connectivity index (χ2n) is 7.18. The van der Waals surface area contributed by atoms with Gasteiger partial charge in [-0.25, -0.2) is 4.79 Å². The summed E-state index contributed by atoms with van der Waals surface area (Å²) in [7, 11) is 4.46. The first kappa shape index (κ1) is 22.7. The summed E-state index contributed by atoms with van der Waals surface area (Å²) in [6.07, 6.45) is 0. The summed E-state index contributed by atoms with van der Waals surface area (Å²) in [5.74, 6) is 1.63. The largest absolute Gasteiger partial charge is 0.497 e. The van der Waals surface area contributed by atoms with Crippen molar-refractivity contribution in [2.24, 2.45) is 0 Å². The van der Waals surface area contributed by atoms with Crippen LogP contribution in [0.25, 0.3) is 11.0 Å². The highest BCUT2D eigenvalue weighted by Crippen LogP contribution is 2.31. The number of ether oxygens (including phenoxy) is 5. The van der Waals surface area contributed by atoms with Crippen molar-refractivity contribution in [3.63, 3.8) is 0 Å². The fourth-order valence-electron chi connectivity index (χ4n) is 3.42. The molecular weight excluding hydrogens is 440 g/mol. The van der Waals surface area contributed by atoms with Crippen LogP contribution >= 0.6 is 0 Å². The number of carbonyl (C=O) groups excluding carboxylic acids is 1. The lowest BCUT2D eigenvalue weighted by molar-refractivity contribution is 0.0727. The van der Waals surface area contributed by atoms with Gasteiger partial charge in [-0.05, 0) is 55.5 Å². The Morgan fingerprint density at radius 1 is 0.794 bits per heavy atom. The average Bonchev–Trinajstić information content (AvgIpc) is 2.86. The number of hydrogen-bond donors (Lipinski definition) is 0. The van der Waals surface area contributed by atoms with Crippen LogP contribution in [0.4, 0.5) is 0 Å². The lowest BCUT2D eigenvalue weighted by atomic mass is 10.1. The smallest absolute Gasteiger partial charge is 0.351 e. The van der Waals surface area contributed by atoms with Crippen molar-refractivity contribution in [2.45, 2.75) is 6.92 Å². The van der Waals surface area contributed by atoms with Gasteiger partial charge in [-0.1, -0.05) is 6.07 Å². The minimum Gasteiger partial charge on any atom is -0.497 e. The van der Waals surface area contributed by atoms with E-state index < -0.39 is 5.97 Å². The lowest BCUT2D eigenvalue weighted by Crippen LogP contribution is -2.12. The standard InChI is InChI=1S/C26H22O8/c1-15-25(33-17-10-8-16(29-2)9-11-17)24(27)19-13-12-18(14-22(19)32-15)34-26(28)23-20(30-3)6-5-7-21(23)31-4/h5-14H,1-4H3. The Morgan fingerprint density at radius 2 is 1.41 bits per heavy atom. The Balaban J connectivity index is 1.64. The van der Waals surface area contributed by atoms with Gasteiger partial charge in [0.2, 0.25) is 11.2 Å². The molecule has 0 aliphatic heterocycles. The van der Waals surface area contributed by atoms with Crippen molar-refractivity contribution in [1.82, 2.24) is 0 Å². The Kier molecular flexibility index (Phi) is 6.40. The van der Waals surface area contributed by atoms with Crippen LogP contribution in [0.15, 0.2) is 69.9 Å². The maximum absolute atomic E-state index is 13.0. The van der Waals surface area contributed by atoms with E-state index in [2.05, 4.69) is 0 Å². The Hall–Kier alpha value is -4.46. The number of rotatable bonds is 7. The molecule has 0 N–H and O–H groups in total. The third-order valence-corrected chi connectivity index (χ3v) is 5.11. The number of carbonyl (C=O) groups is 1. The van der Waals surface area contributed by atoms with E-state index in [0.717, 1.165) is 0 Å². The third kappa shape index (κ3) is 4.38. The summed E-state index contributed by atoms with van der Waals surface area (Å²) < 4.78 is 32.8. The van der Waals surface area contributed by atoms with Crippen LogP contribution in [0.5, 0.6) is 34.5 Å². The summed E-state index contributed by atoms with van der Waals surface area (Å²) in [6.45, 7) is 1.62. The highest BCUT2D eigenvalue weighted by molar-refractivity contribution is 5.97. The van der Waals surface area contributed by atoms with Gasteiger partial charge in [0.15, 0.2) is 0 Å². The van der Waals surface area contributed by atoms with E-state index >= 15 is 0 Å². The van der Waals surface area contributed by atoms with E-state index in [9.17, 15) is 9.59 Å². The molecule has 0 bridgehead atoms. The fraction of sp³-hybridized carbons (Fsp3) is 0.154. The van der Waals surface area contributed by atoms with Crippen LogP contribution in [0, 0.1) is 6.92 Å². The van der Waals surface area contributed by atoms with Crippen LogP contribution < -0.4 is 29.1 Å². The number of benzene rings is 3. The van der Waals surface area contributed by atoms with Gasteiger partial charge in [0.25, 0.3) is 0 Å². The van der Waals surface area contributed by atoms with E-state index in [0.29, 0.717) is 23.0 Å². The predicted molar refractivity (Wildman–Crippen MR) is 125 cm³/mol. The molecule has 34 heavy (non-hydrogen) atoms. The molecule has 174 valence electrons. The molecule has 0 fully saturated rings. The molecular formula is C26H22O8. The minimum atomic E-state index is -0.674. The number of methoxy groups -OCH3 is 3. The van der Waals surface area contributed by atoms with Crippen LogP contribution in [0.3, 0.4) is 0 Å². The molecule has 8 heteroatoms. The zero-order valence-corrected chi connectivity index (χ0v) is 19.0. The maximum atomic E-state index is 13.0. The fourth-order valence-corrected chi connectivity index (χ4v) is 3.42. The second-order valence-corrected chi connectivity index (χ2v) is 7.18. The third-order valence-electron chi connectivity index (χ3n) is 5.11. The first-order valence-electron chi connectivity index (χ1n) is 10.3. The molecule has 0 amide bonds. The van der Waals surface area contributed by atoms with Crippen molar-refractivity contribution in [3.05, 3.63) is 82.2 Å². The first-order chi connectivity index (χ1) is 16.4. The van der Waals surface area contributed by atoms with Gasteiger partial charge in [0.05, 0.1) is 26.7 Å². The Morgan fingerprint density at radius 3 is 2.03 bits per heavy atom. The van der Waals surface area contributed by atoms with Gasteiger partial charge in [0.1, 0.15) is 45.7 Å². The van der Waals surface area contributed by atoms with Crippen LogP contribution in [0.2, 0.25) is 0 Å². The summed E-state index contributed by atoms with van der Waals surface area (Å²) in [6, 6.07) is 16.3. The average molecular weight is 462 g/mol. The van der Waals surface area contributed by atoms with E-state index in [-0.39, 0.29) is 39.2 Å². The van der Waals surface area contributed by atoms with E-state index in [1.807, 2.05) is 0 Å². The van der Waals surface area contributed by atoms with Gasteiger partial charge in [0, 0.05) is 6.07 Å². The normalized spacial score (nSPS) is 10.6. The molecule has 0 saturated carbocycles. The zero-order valence-electron chi connectivity index (χ0n) is 19.0. The van der Waals surface area contributed by atoms with Crippen LogP contribution in [-0.4, -0.2) is 27.3 Å². The number of esters is 1. The molecule has 0 aliphatic carbocycles. The van der Waals surface area contributed by atoms with Gasteiger partial charge < -0.3 is 28.1 Å². The SMILES string of the molecule is COc1ccc(Oc2c(C)oc3cc(OC(=O)c4c(OC)cccc4OC)ccc3c2=O)cc1. The van der Waals surface area contributed by atoms with Crippen molar-refractivity contribution >= 4 is 16.9 Å². The Bertz CT molecular complexity index is 1380. The molecule has 0 radical (unpaired) electrons. The molecule has 1 aromatic heterocycles. The molecule has 8 nitrogen and oxygen atoms in total. The van der Waals surface area contributed by atoms with E-state index in [4.69, 9.17) is 28.1 Å². The quantitative estimate of drug-likeness (QED) is 0.275. The molecule has 0 spiro atoms. The molecule has 0 saturated heterocycles. The molecule has 1 heterocycles. The molecule has 0 unspecified atom stereocenters. The number of aryl methyl sites for hydroxylation is 1. The predicted octanol–water partition coefficient (Wildman–Crippen LogP) is 5.14. The molecule has 4 rings (SSSR count). The topological polar surface area (TPSA) is 93.4 Å². The number of hydrogen-bond acceptors (Lipinski definition) is 8. The second kappa shape index (κ2) is 9.58. The zero-order chi connectivity index (χ0) is 24.2. The highest BCUT2D eigenvalue weighted by atomic mass is 16.5. The molecule has 4 aromatic rings.